The SMILES string of the molecule is CCCOC(=O)C(Cc1ccc(O)cc1)NP(C)(=O)NC(Cc1ccc(O)cc1)C(=O)OCCC.CCCOC(=O)C(Cc1ccc(O)cc1)NP(C)(=O)O.CCCOC(=O)C(Cc1ccc(O)cc1)NP(C)(C)=O.CCCOC(=O)C(N)Cc1ccc(O)cc1.CP(C)(=O)O. The highest BCUT2D eigenvalue weighted by Crippen LogP contribution is 2.35. The van der Waals surface area contributed by atoms with Gasteiger partial charge in [0.15, 0.2) is 7.37 Å². The molecule has 0 aliphatic carbocycles. The van der Waals surface area contributed by atoms with Gasteiger partial charge in [0.05, 0.1) is 33.0 Å². The van der Waals surface area contributed by atoms with Crippen LogP contribution < -0.4 is 26.1 Å². The Morgan fingerprint density at radius 3 is 0.760 bits per heavy atom. The molecule has 0 fully saturated rings. The molecule has 96 heavy (non-hydrogen) atoms. The van der Waals surface area contributed by atoms with Crippen LogP contribution in [0.4, 0.5) is 0 Å². The molecule has 0 amide bonds. The summed E-state index contributed by atoms with van der Waals surface area (Å²) in [6, 6.07) is 28.1. The predicted molar refractivity (Wildman–Crippen MR) is 371 cm³/mol. The smallest absolute Gasteiger partial charge is 0.323 e. The van der Waals surface area contributed by atoms with Crippen molar-refractivity contribution >= 4 is 59.5 Å². The van der Waals surface area contributed by atoms with Crippen LogP contribution in [0, 0.1) is 0 Å². The van der Waals surface area contributed by atoms with Gasteiger partial charge < -0.3 is 69.3 Å². The predicted octanol–water partition coefficient (Wildman–Crippen LogP) is 9.31. The zero-order chi connectivity index (χ0) is 72.7. The summed E-state index contributed by atoms with van der Waals surface area (Å²) in [6.45, 7) is 19.2. The zero-order valence-electron chi connectivity index (χ0n) is 56.8. The molecule has 0 saturated heterocycles. The number of ether oxygens (including phenoxy) is 5. The molecule has 6 atom stereocenters. The number of nitrogens with one attached hydrogen (secondary N) is 4. The Morgan fingerprint density at radius 1 is 0.354 bits per heavy atom. The molecule has 0 aliphatic heterocycles. The van der Waals surface area contributed by atoms with Crippen molar-refractivity contribution in [3.8, 4) is 28.7 Å². The van der Waals surface area contributed by atoms with Gasteiger partial charge in [-0.05, 0) is 153 Å². The lowest BCUT2D eigenvalue weighted by atomic mass is 10.1. The summed E-state index contributed by atoms with van der Waals surface area (Å²) in [7, 11) is -12.2. The Labute approximate surface area is 564 Å². The Kier molecular flexibility index (Phi) is 41.3. The minimum atomic E-state index is -3.55. The van der Waals surface area contributed by atoms with E-state index in [1.807, 2.05) is 34.6 Å². The van der Waals surface area contributed by atoms with Crippen LogP contribution in [0.5, 0.6) is 28.7 Å². The van der Waals surface area contributed by atoms with Crippen LogP contribution in [0.15, 0.2) is 121 Å². The van der Waals surface area contributed by atoms with E-state index in [1.54, 1.807) is 98.3 Å². The summed E-state index contributed by atoms with van der Waals surface area (Å²) in [4.78, 5) is 78.2. The molecule has 6 unspecified atom stereocenters. The van der Waals surface area contributed by atoms with Crippen LogP contribution in [0.25, 0.3) is 0 Å². The zero-order valence-corrected chi connectivity index (χ0v) is 60.3. The fraction of sp³-hybridized carbons (Fsp3) is 0.470. The first-order valence-corrected chi connectivity index (χ1v) is 40.6. The second-order valence-electron chi connectivity index (χ2n) is 23.0. The Morgan fingerprint density at radius 2 is 0.552 bits per heavy atom. The summed E-state index contributed by atoms with van der Waals surface area (Å²) < 4.78 is 72.3. The molecule has 30 heteroatoms. The third-order valence-electron chi connectivity index (χ3n) is 12.2. The molecule has 26 nitrogen and oxygen atoms in total. The van der Waals surface area contributed by atoms with Crippen molar-refractivity contribution in [3.05, 3.63) is 149 Å². The fourth-order valence-corrected chi connectivity index (χ4v) is 11.4. The van der Waals surface area contributed by atoms with Crippen molar-refractivity contribution in [1.29, 1.82) is 0 Å². The number of carbonyl (C=O) groups is 5. The maximum Gasteiger partial charge on any atom is 0.323 e. The highest BCUT2D eigenvalue weighted by atomic mass is 31.2. The minimum absolute atomic E-state index is 0.0947. The maximum atomic E-state index is 13.6. The largest absolute Gasteiger partial charge is 0.508 e. The molecule has 0 aliphatic rings. The molecule has 0 saturated carbocycles. The van der Waals surface area contributed by atoms with E-state index in [9.17, 15) is 67.6 Å². The lowest BCUT2D eigenvalue weighted by Gasteiger charge is -2.27. The second-order valence-corrected chi connectivity index (χ2v) is 32.9. The number of phenolic OH excluding ortho intramolecular Hbond substituents is 5. The number of aromatic hydroxyl groups is 5. The van der Waals surface area contributed by atoms with E-state index in [2.05, 4.69) is 20.3 Å². The van der Waals surface area contributed by atoms with Crippen molar-refractivity contribution < 1.29 is 101 Å². The molecular weight excluding hydrogens is 1320 g/mol. The van der Waals surface area contributed by atoms with Gasteiger partial charge in [-0.15, -0.1) is 0 Å². The van der Waals surface area contributed by atoms with Gasteiger partial charge in [-0.3, -0.25) is 42.8 Å². The second kappa shape index (κ2) is 45.6. The first kappa shape index (κ1) is 87.1. The summed E-state index contributed by atoms with van der Waals surface area (Å²) in [6.07, 6.45) is 4.83. The van der Waals surface area contributed by atoms with Crippen molar-refractivity contribution in [2.45, 2.75) is 129 Å². The summed E-state index contributed by atoms with van der Waals surface area (Å²) in [5.41, 5.74) is 9.67. The lowest BCUT2D eigenvalue weighted by molar-refractivity contribution is -0.146. The fourth-order valence-electron chi connectivity index (χ4n) is 7.99. The number of rotatable bonds is 33. The molecule has 0 bridgehead atoms. The van der Waals surface area contributed by atoms with Gasteiger partial charge in [0, 0.05) is 40.0 Å². The molecule has 5 aromatic rings. The molecule has 0 aromatic heterocycles. The van der Waals surface area contributed by atoms with Gasteiger partial charge in [-0.2, -0.15) is 0 Å². The Bertz CT molecular complexity index is 3100. The van der Waals surface area contributed by atoms with Gasteiger partial charge >= 0.3 is 29.8 Å². The van der Waals surface area contributed by atoms with Crippen molar-refractivity contribution in [2.24, 2.45) is 5.73 Å². The summed E-state index contributed by atoms with van der Waals surface area (Å²) >= 11 is 0. The molecule has 13 N–H and O–H groups in total. The Hall–Kier alpha value is -6.91. The standard InChI is InChI=1S/C25H35N2O7P.C14H22NO4P.C13H20NO5P.C12H17NO3.C2H7O2P/c1-4-14-33-24(30)22(16-18-6-10-20(28)11-7-18)26-35(3,32)27-23(25(31)34-15-5-2)17-19-8-12-21(29)13-9-19;1-4-9-19-14(17)13(15-20(2,3)18)10-11-5-7-12(16)8-6-11;1-3-8-19-13(16)12(14-20(2,17)18)9-10-4-6-11(15)7-5-10;1-2-7-16-12(15)11(13)8-9-3-5-10(14)6-4-9;1-5(2,3)4/h6-13,22-23,28-29H,4-5,14-17H2,1-3H3,(H2,26,27,32);5-8,13,16H,4,9-10H2,1-3H3,(H,15,18);4-7,12,15H,3,8-9H2,1-2H3,(H2,14,17,18);3-6,11,14H,2,7-8,13H2,1H3;1-2H3,(H,3,4). The quantitative estimate of drug-likeness (QED) is 0.0106. The molecule has 0 spiro atoms. The van der Waals surface area contributed by atoms with E-state index in [0.717, 1.165) is 47.3 Å². The number of carbonyl (C=O) groups excluding carboxylic acids is 5. The van der Waals surface area contributed by atoms with Crippen LogP contribution in [0.2, 0.25) is 0 Å². The van der Waals surface area contributed by atoms with Crippen molar-refractivity contribution in [3.63, 3.8) is 0 Å². The maximum absolute atomic E-state index is 13.6. The van der Waals surface area contributed by atoms with Crippen molar-refractivity contribution in [1.82, 2.24) is 20.3 Å². The summed E-state index contributed by atoms with van der Waals surface area (Å²) in [5.74, 6) is -1.78. The normalized spacial score (nSPS) is 13.8. The van der Waals surface area contributed by atoms with Crippen LogP contribution in [0.1, 0.15) is 94.5 Å². The monoisotopic (exact) mass is 1420 g/mol. The van der Waals surface area contributed by atoms with Crippen LogP contribution in [-0.4, -0.2) is 168 Å². The Balaban J connectivity index is 0.000000653. The molecule has 536 valence electrons. The number of phenols is 5. The van der Waals surface area contributed by atoms with Gasteiger partial charge in [0.25, 0.3) is 7.52 Å². The number of nitrogens with two attached hydrogens (primary N) is 1. The third-order valence-corrected chi connectivity index (χ3v) is 15.6. The number of esters is 5. The first-order valence-electron chi connectivity index (χ1n) is 31.2. The number of hydrogen-bond donors (Lipinski definition) is 12. The van der Waals surface area contributed by atoms with E-state index in [4.69, 9.17) is 39.4 Å². The van der Waals surface area contributed by atoms with E-state index in [0.29, 0.717) is 45.3 Å². The van der Waals surface area contributed by atoms with Crippen molar-refractivity contribution in [2.75, 3.05) is 73.0 Å². The lowest BCUT2D eigenvalue weighted by Crippen LogP contribution is -2.45. The molecule has 0 heterocycles. The van der Waals surface area contributed by atoms with E-state index in [-0.39, 0.29) is 73.8 Å². The van der Waals surface area contributed by atoms with Gasteiger partial charge in [-0.1, -0.05) is 95.3 Å². The third kappa shape index (κ3) is 42.6. The van der Waals surface area contributed by atoms with Gasteiger partial charge in [0.2, 0.25) is 7.44 Å². The summed E-state index contributed by atoms with van der Waals surface area (Å²) in [5, 5.41) is 57.6. The number of hydrogen-bond acceptors (Lipinski definition) is 20. The van der Waals surface area contributed by atoms with Crippen LogP contribution in [0.3, 0.4) is 0 Å². The van der Waals surface area contributed by atoms with E-state index in [1.165, 1.54) is 56.4 Å². The average molecular weight is 1420 g/mol. The highest BCUT2D eigenvalue weighted by molar-refractivity contribution is 7.60. The molecule has 5 aromatic carbocycles. The number of benzene rings is 5. The average Bonchev–Trinajstić information content (AvgIpc) is 0.901. The van der Waals surface area contributed by atoms with E-state index < -0.39 is 83.7 Å². The molecule has 0 radical (unpaired) electrons. The highest BCUT2D eigenvalue weighted by Gasteiger charge is 2.33. The van der Waals surface area contributed by atoms with Gasteiger partial charge in [0.1, 0.15) is 66.2 Å². The van der Waals surface area contributed by atoms with Crippen LogP contribution in [-0.2, 0) is 98.0 Å². The molecule has 5 rings (SSSR count). The minimum Gasteiger partial charge on any atom is -0.508 e. The van der Waals surface area contributed by atoms with E-state index >= 15 is 0 Å². The van der Waals surface area contributed by atoms with Gasteiger partial charge in [-0.25, -0.2) is 15.3 Å². The molecular formula is C66H101N5O21P4. The first-order chi connectivity index (χ1) is 44.9. The van der Waals surface area contributed by atoms with Crippen LogP contribution >= 0.6 is 29.6 Å². The topological polar surface area (TPSA) is 416 Å².